The van der Waals surface area contributed by atoms with E-state index in [0.29, 0.717) is 0 Å². The molecule has 4 rings (SSSR count). The van der Waals surface area contributed by atoms with Gasteiger partial charge < -0.3 is 9.30 Å². The molecule has 0 amide bonds. The molecule has 29 heavy (non-hydrogen) atoms. The molecule has 0 fully saturated rings. The van der Waals surface area contributed by atoms with E-state index in [9.17, 15) is 0 Å². The SMILES string of the molecule is COc1ccc(/C=C/c2nc3ccccc3n2Cc2c(C)cc(C)cc2C)cc1. The lowest BCUT2D eigenvalue weighted by atomic mass is 9.99. The van der Waals surface area contributed by atoms with Gasteiger partial charge in [0.15, 0.2) is 0 Å². The van der Waals surface area contributed by atoms with Gasteiger partial charge in [-0.25, -0.2) is 4.98 Å². The summed E-state index contributed by atoms with van der Waals surface area (Å²) in [5.74, 6) is 1.82. The van der Waals surface area contributed by atoms with Crippen LogP contribution in [0.4, 0.5) is 0 Å². The van der Waals surface area contributed by atoms with Crippen LogP contribution in [-0.4, -0.2) is 16.7 Å². The van der Waals surface area contributed by atoms with Crippen molar-refractivity contribution in [3.63, 3.8) is 0 Å². The zero-order valence-corrected chi connectivity index (χ0v) is 17.4. The van der Waals surface area contributed by atoms with Gasteiger partial charge in [-0.2, -0.15) is 0 Å². The fourth-order valence-electron chi connectivity index (χ4n) is 3.89. The number of methoxy groups -OCH3 is 1. The molecule has 0 saturated carbocycles. The van der Waals surface area contributed by atoms with Crippen LogP contribution in [0.1, 0.15) is 33.6 Å². The van der Waals surface area contributed by atoms with Crippen LogP contribution in [0.5, 0.6) is 5.75 Å². The first kappa shape index (κ1) is 19.0. The number of benzene rings is 3. The molecular weight excluding hydrogens is 356 g/mol. The van der Waals surface area contributed by atoms with Crippen molar-refractivity contribution in [2.45, 2.75) is 27.3 Å². The minimum atomic E-state index is 0.806. The molecule has 1 heterocycles. The molecule has 146 valence electrons. The van der Waals surface area contributed by atoms with Crippen molar-refractivity contribution < 1.29 is 4.74 Å². The van der Waals surface area contributed by atoms with Gasteiger partial charge in [-0.15, -0.1) is 0 Å². The number of hydrogen-bond acceptors (Lipinski definition) is 2. The molecule has 3 nitrogen and oxygen atoms in total. The molecule has 0 unspecified atom stereocenters. The Morgan fingerprint density at radius 2 is 1.59 bits per heavy atom. The monoisotopic (exact) mass is 382 g/mol. The number of para-hydroxylation sites is 2. The van der Waals surface area contributed by atoms with Crippen molar-refractivity contribution in [1.82, 2.24) is 9.55 Å². The Morgan fingerprint density at radius 1 is 0.897 bits per heavy atom. The Hall–Kier alpha value is -3.33. The normalized spacial score (nSPS) is 11.4. The molecule has 0 bridgehead atoms. The molecule has 0 spiro atoms. The zero-order chi connectivity index (χ0) is 20.4. The summed E-state index contributed by atoms with van der Waals surface area (Å²) >= 11 is 0. The Morgan fingerprint density at radius 3 is 2.28 bits per heavy atom. The number of aromatic nitrogens is 2. The minimum absolute atomic E-state index is 0.806. The lowest BCUT2D eigenvalue weighted by Crippen LogP contribution is -2.06. The van der Waals surface area contributed by atoms with Crippen molar-refractivity contribution in [3.05, 3.63) is 94.3 Å². The van der Waals surface area contributed by atoms with Crippen LogP contribution in [0.3, 0.4) is 0 Å². The van der Waals surface area contributed by atoms with Gasteiger partial charge in [-0.3, -0.25) is 0 Å². The molecule has 1 aromatic heterocycles. The van der Waals surface area contributed by atoms with E-state index in [1.165, 1.54) is 22.3 Å². The molecular formula is C26H26N2O. The summed E-state index contributed by atoms with van der Waals surface area (Å²) in [6.45, 7) is 7.35. The van der Waals surface area contributed by atoms with Gasteiger partial charge in [0.1, 0.15) is 11.6 Å². The maximum absolute atomic E-state index is 5.25. The van der Waals surface area contributed by atoms with Gasteiger partial charge >= 0.3 is 0 Å². The molecule has 4 aromatic rings. The highest BCUT2D eigenvalue weighted by Gasteiger charge is 2.12. The van der Waals surface area contributed by atoms with E-state index < -0.39 is 0 Å². The molecule has 3 aromatic carbocycles. The summed E-state index contributed by atoms with van der Waals surface area (Å²) in [6.07, 6.45) is 4.20. The predicted molar refractivity (Wildman–Crippen MR) is 121 cm³/mol. The van der Waals surface area contributed by atoms with Gasteiger partial charge in [0.25, 0.3) is 0 Å². The first-order valence-electron chi connectivity index (χ1n) is 9.89. The van der Waals surface area contributed by atoms with Crippen molar-refractivity contribution in [2.75, 3.05) is 7.11 Å². The predicted octanol–water partition coefficient (Wildman–Crippen LogP) is 6.19. The average molecular weight is 383 g/mol. The van der Waals surface area contributed by atoms with E-state index >= 15 is 0 Å². The smallest absolute Gasteiger partial charge is 0.134 e. The number of ether oxygens (including phenoxy) is 1. The van der Waals surface area contributed by atoms with Gasteiger partial charge in [-0.1, -0.05) is 48.0 Å². The lowest BCUT2D eigenvalue weighted by Gasteiger charge is -2.14. The summed E-state index contributed by atoms with van der Waals surface area (Å²) < 4.78 is 7.55. The molecule has 0 atom stereocenters. The summed E-state index contributed by atoms with van der Waals surface area (Å²) in [4.78, 5) is 4.89. The van der Waals surface area contributed by atoms with Crippen molar-refractivity contribution >= 4 is 23.2 Å². The zero-order valence-electron chi connectivity index (χ0n) is 17.4. The van der Waals surface area contributed by atoms with Crippen molar-refractivity contribution in [2.24, 2.45) is 0 Å². The molecule has 0 aliphatic rings. The van der Waals surface area contributed by atoms with E-state index in [1.807, 2.05) is 18.2 Å². The highest BCUT2D eigenvalue weighted by molar-refractivity contribution is 5.80. The summed E-state index contributed by atoms with van der Waals surface area (Å²) in [6, 6.07) is 20.9. The third kappa shape index (κ3) is 3.95. The first-order valence-corrected chi connectivity index (χ1v) is 9.89. The summed E-state index contributed by atoms with van der Waals surface area (Å²) in [5, 5.41) is 0. The Balaban J connectivity index is 1.76. The highest BCUT2D eigenvalue weighted by Crippen LogP contribution is 2.24. The molecule has 3 heteroatoms. The molecule has 0 aliphatic carbocycles. The number of nitrogens with zero attached hydrogens (tertiary/aromatic N) is 2. The third-order valence-electron chi connectivity index (χ3n) is 5.38. The highest BCUT2D eigenvalue weighted by atomic mass is 16.5. The second-order valence-electron chi connectivity index (χ2n) is 7.53. The molecule has 0 N–H and O–H groups in total. The second kappa shape index (κ2) is 7.96. The summed E-state index contributed by atoms with van der Waals surface area (Å²) in [7, 11) is 1.68. The summed E-state index contributed by atoms with van der Waals surface area (Å²) in [5.41, 5.74) is 8.60. The quantitative estimate of drug-likeness (QED) is 0.411. The van der Waals surface area contributed by atoms with Crippen LogP contribution in [0.15, 0.2) is 60.7 Å². The van der Waals surface area contributed by atoms with E-state index in [4.69, 9.17) is 9.72 Å². The Bertz CT molecular complexity index is 1160. The molecule has 0 radical (unpaired) electrons. The maximum Gasteiger partial charge on any atom is 0.134 e. The van der Waals surface area contributed by atoms with Crippen molar-refractivity contribution in [3.8, 4) is 5.75 Å². The van der Waals surface area contributed by atoms with E-state index in [1.54, 1.807) is 7.11 Å². The Labute approximate surface area is 172 Å². The first-order chi connectivity index (χ1) is 14.0. The fraction of sp³-hybridized carbons (Fsp3) is 0.192. The number of rotatable bonds is 5. The van der Waals surface area contributed by atoms with E-state index in [-0.39, 0.29) is 0 Å². The number of fused-ring (bicyclic) bond motifs is 1. The maximum atomic E-state index is 5.25. The van der Waals surface area contributed by atoms with Gasteiger partial charge in [0.05, 0.1) is 24.7 Å². The number of hydrogen-bond donors (Lipinski definition) is 0. The minimum Gasteiger partial charge on any atom is -0.497 e. The van der Waals surface area contributed by atoms with Crippen LogP contribution < -0.4 is 4.74 Å². The number of aryl methyl sites for hydroxylation is 3. The van der Waals surface area contributed by atoms with Gasteiger partial charge in [0, 0.05) is 0 Å². The van der Waals surface area contributed by atoms with Gasteiger partial charge in [0.2, 0.25) is 0 Å². The topological polar surface area (TPSA) is 27.1 Å². The van der Waals surface area contributed by atoms with Crippen molar-refractivity contribution in [1.29, 1.82) is 0 Å². The van der Waals surface area contributed by atoms with Crippen LogP contribution in [0, 0.1) is 20.8 Å². The standard InChI is InChI=1S/C26H26N2O/c1-18-15-19(2)23(20(3)16-18)17-28-25-8-6-5-7-24(25)27-26(28)14-11-21-9-12-22(29-4)13-10-21/h5-16H,17H2,1-4H3/b14-11+. The van der Waals surface area contributed by atoms with Crippen LogP contribution >= 0.6 is 0 Å². The van der Waals surface area contributed by atoms with E-state index in [0.717, 1.165) is 34.7 Å². The number of imidazole rings is 1. The second-order valence-corrected chi connectivity index (χ2v) is 7.53. The third-order valence-corrected chi connectivity index (χ3v) is 5.38. The fourth-order valence-corrected chi connectivity index (χ4v) is 3.89. The Kier molecular flexibility index (Phi) is 5.22. The van der Waals surface area contributed by atoms with Crippen LogP contribution in [-0.2, 0) is 6.54 Å². The molecule has 0 aliphatic heterocycles. The largest absolute Gasteiger partial charge is 0.497 e. The average Bonchev–Trinajstić information content (AvgIpc) is 3.07. The van der Waals surface area contributed by atoms with Gasteiger partial charge in [-0.05, 0) is 73.4 Å². The lowest BCUT2D eigenvalue weighted by molar-refractivity contribution is 0.415. The van der Waals surface area contributed by atoms with Crippen LogP contribution in [0.25, 0.3) is 23.2 Å². The van der Waals surface area contributed by atoms with E-state index in [2.05, 4.69) is 80.0 Å². The van der Waals surface area contributed by atoms with Crippen LogP contribution in [0.2, 0.25) is 0 Å². The molecule has 0 saturated heterocycles.